The number of hydrogen-bond acceptors (Lipinski definition) is 2. The summed E-state index contributed by atoms with van der Waals surface area (Å²) in [5.41, 5.74) is 1.26. The lowest BCUT2D eigenvalue weighted by atomic mass is 10.1. The molecule has 0 aromatic heterocycles. The van der Waals surface area contributed by atoms with Crippen LogP contribution in [0, 0.1) is 0 Å². The second-order valence-electron chi connectivity index (χ2n) is 5.05. The summed E-state index contributed by atoms with van der Waals surface area (Å²) in [6, 6.07) is 10.3. The maximum absolute atomic E-state index is 9.85. The first-order chi connectivity index (χ1) is 9.33. The van der Waals surface area contributed by atoms with Gasteiger partial charge in [0.2, 0.25) is 0 Å². The number of hydrogen-bond donors (Lipinski definition) is 2. The van der Waals surface area contributed by atoms with E-state index in [9.17, 15) is 5.11 Å². The number of aliphatic hydroxyl groups is 1. The van der Waals surface area contributed by atoms with Crippen LogP contribution in [0.25, 0.3) is 0 Å². The SMILES string of the molecule is C=CCCCCCCC(O)CNCc1ccccc1. The summed E-state index contributed by atoms with van der Waals surface area (Å²) >= 11 is 0. The number of aliphatic hydroxyl groups excluding tert-OH is 1. The first-order valence-electron chi connectivity index (χ1n) is 7.36. The molecule has 1 unspecified atom stereocenters. The zero-order chi connectivity index (χ0) is 13.8. The standard InChI is InChI=1S/C17H27NO/c1-2-3-4-5-6-10-13-17(19)15-18-14-16-11-8-7-9-12-16/h2,7-9,11-12,17-19H,1,3-6,10,13-15H2. The van der Waals surface area contributed by atoms with Crippen LogP contribution in [0.1, 0.15) is 44.1 Å². The van der Waals surface area contributed by atoms with E-state index in [0.29, 0.717) is 6.54 Å². The summed E-state index contributed by atoms with van der Waals surface area (Å²) in [6.07, 6.45) is 8.57. The average molecular weight is 261 g/mol. The average Bonchev–Trinajstić information content (AvgIpc) is 2.44. The van der Waals surface area contributed by atoms with Gasteiger partial charge >= 0.3 is 0 Å². The van der Waals surface area contributed by atoms with Gasteiger partial charge in [-0.3, -0.25) is 0 Å². The monoisotopic (exact) mass is 261 g/mol. The number of rotatable bonds is 11. The van der Waals surface area contributed by atoms with Gasteiger partial charge in [-0.05, 0) is 24.8 Å². The van der Waals surface area contributed by atoms with Gasteiger partial charge in [0.15, 0.2) is 0 Å². The van der Waals surface area contributed by atoms with Crippen molar-refractivity contribution in [3.63, 3.8) is 0 Å². The maximum atomic E-state index is 9.85. The molecule has 1 rings (SSSR count). The second-order valence-corrected chi connectivity index (χ2v) is 5.05. The molecule has 0 aliphatic rings. The molecule has 0 saturated carbocycles. The second kappa shape index (κ2) is 10.8. The summed E-state index contributed by atoms with van der Waals surface area (Å²) < 4.78 is 0. The highest BCUT2D eigenvalue weighted by atomic mass is 16.3. The molecule has 0 heterocycles. The first kappa shape index (κ1) is 15.9. The Morgan fingerprint density at radius 2 is 1.84 bits per heavy atom. The Kier molecular flexibility index (Phi) is 9.03. The Bertz CT molecular complexity index is 323. The highest BCUT2D eigenvalue weighted by Gasteiger charge is 2.03. The molecule has 0 fully saturated rings. The van der Waals surface area contributed by atoms with Gasteiger partial charge in [0.1, 0.15) is 0 Å². The molecule has 0 aliphatic heterocycles. The van der Waals surface area contributed by atoms with Gasteiger partial charge < -0.3 is 10.4 Å². The van der Waals surface area contributed by atoms with Crippen molar-refractivity contribution in [3.05, 3.63) is 48.6 Å². The first-order valence-corrected chi connectivity index (χ1v) is 7.36. The Labute approximate surface area is 117 Å². The van der Waals surface area contributed by atoms with Crippen molar-refractivity contribution >= 4 is 0 Å². The van der Waals surface area contributed by atoms with E-state index in [0.717, 1.165) is 25.8 Å². The minimum atomic E-state index is -0.219. The third-order valence-corrected chi connectivity index (χ3v) is 3.25. The third kappa shape index (κ3) is 8.57. The molecule has 19 heavy (non-hydrogen) atoms. The summed E-state index contributed by atoms with van der Waals surface area (Å²) in [5.74, 6) is 0. The lowest BCUT2D eigenvalue weighted by molar-refractivity contribution is 0.157. The summed E-state index contributed by atoms with van der Waals surface area (Å²) in [4.78, 5) is 0. The third-order valence-electron chi connectivity index (χ3n) is 3.25. The molecule has 0 bridgehead atoms. The summed E-state index contributed by atoms with van der Waals surface area (Å²) in [7, 11) is 0. The molecule has 0 saturated heterocycles. The van der Waals surface area contributed by atoms with Crippen molar-refractivity contribution in [1.29, 1.82) is 0 Å². The van der Waals surface area contributed by atoms with Crippen molar-refractivity contribution in [2.75, 3.05) is 6.54 Å². The number of nitrogens with one attached hydrogen (secondary N) is 1. The highest BCUT2D eigenvalue weighted by molar-refractivity contribution is 5.14. The van der Waals surface area contributed by atoms with Crippen LogP contribution >= 0.6 is 0 Å². The van der Waals surface area contributed by atoms with E-state index in [1.54, 1.807) is 0 Å². The van der Waals surface area contributed by atoms with Gasteiger partial charge in [-0.1, -0.05) is 55.7 Å². The van der Waals surface area contributed by atoms with E-state index in [2.05, 4.69) is 24.0 Å². The molecule has 2 N–H and O–H groups in total. The predicted octanol–water partition coefficient (Wildman–Crippen LogP) is 3.66. The lowest BCUT2D eigenvalue weighted by Crippen LogP contribution is -2.26. The van der Waals surface area contributed by atoms with E-state index in [4.69, 9.17) is 0 Å². The zero-order valence-corrected chi connectivity index (χ0v) is 11.9. The van der Waals surface area contributed by atoms with E-state index in [1.165, 1.54) is 24.8 Å². The molecular weight excluding hydrogens is 234 g/mol. The van der Waals surface area contributed by atoms with Gasteiger partial charge in [0, 0.05) is 13.1 Å². The molecule has 1 atom stereocenters. The quantitative estimate of drug-likeness (QED) is 0.470. The van der Waals surface area contributed by atoms with Crippen molar-refractivity contribution < 1.29 is 5.11 Å². The van der Waals surface area contributed by atoms with Crippen molar-refractivity contribution in [2.45, 2.75) is 51.2 Å². The topological polar surface area (TPSA) is 32.3 Å². The Hall–Kier alpha value is -1.12. The predicted molar refractivity (Wildman–Crippen MR) is 82.1 cm³/mol. The molecule has 1 aromatic rings. The van der Waals surface area contributed by atoms with Crippen LogP contribution in [0.2, 0.25) is 0 Å². The van der Waals surface area contributed by atoms with Crippen molar-refractivity contribution in [1.82, 2.24) is 5.32 Å². The molecule has 0 radical (unpaired) electrons. The molecule has 0 amide bonds. The van der Waals surface area contributed by atoms with E-state index in [-0.39, 0.29) is 6.10 Å². The maximum Gasteiger partial charge on any atom is 0.0664 e. The van der Waals surface area contributed by atoms with E-state index in [1.807, 2.05) is 24.3 Å². The molecule has 1 aromatic carbocycles. The molecule has 2 heteroatoms. The zero-order valence-electron chi connectivity index (χ0n) is 11.9. The van der Waals surface area contributed by atoms with Crippen LogP contribution in [-0.4, -0.2) is 17.8 Å². The smallest absolute Gasteiger partial charge is 0.0664 e. The number of benzene rings is 1. The van der Waals surface area contributed by atoms with Gasteiger partial charge in [-0.15, -0.1) is 6.58 Å². The summed E-state index contributed by atoms with van der Waals surface area (Å²) in [5, 5.41) is 13.2. The van der Waals surface area contributed by atoms with Crippen LogP contribution in [-0.2, 0) is 6.54 Å². The Morgan fingerprint density at radius 3 is 2.58 bits per heavy atom. The van der Waals surface area contributed by atoms with Crippen LogP contribution < -0.4 is 5.32 Å². The van der Waals surface area contributed by atoms with Gasteiger partial charge in [0.05, 0.1) is 6.10 Å². The van der Waals surface area contributed by atoms with Gasteiger partial charge in [-0.2, -0.15) is 0 Å². The fourth-order valence-corrected chi connectivity index (χ4v) is 2.10. The molecular formula is C17H27NO. The van der Waals surface area contributed by atoms with Crippen LogP contribution in [0.15, 0.2) is 43.0 Å². The highest BCUT2D eigenvalue weighted by Crippen LogP contribution is 2.07. The number of unbranched alkanes of at least 4 members (excludes halogenated alkanes) is 4. The van der Waals surface area contributed by atoms with Crippen LogP contribution in [0.5, 0.6) is 0 Å². The Balaban J connectivity index is 1.96. The lowest BCUT2D eigenvalue weighted by Gasteiger charge is -2.11. The fraction of sp³-hybridized carbons (Fsp3) is 0.529. The molecule has 2 nitrogen and oxygen atoms in total. The number of allylic oxidation sites excluding steroid dienone is 1. The molecule has 0 spiro atoms. The Morgan fingerprint density at radius 1 is 1.11 bits per heavy atom. The van der Waals surface area contributed by atoms with Crippen LogP contribution in [0.4, 0.5) is 0 Å². The van der Waals surface area contributed by atoms with Crippen LogP contribution in [0.3, 0.4) is 0 Å². The normalized spacial score (nSPS) is 12.3. The minimum absolute atomic E-state index is 0.219. The molecule has 106 valence electrons. The van der Waals surface area contributed by atoms with Crippen molar-refractivity contribution in [3.8, 4) is 0 Å². The fourth-order valence-electron chi connectivity index (χ4n) is 2.10. The minimum Gasteiger partial charge on any atom is -0.392 e. The van der Waals surface area contributed by atoms with Gasteiger partial charge in [-0.25, -0.2) is 0 Å². The summed E-state index contributed by atoms with van der Waals surface area (Å²) in [6.45, 7) is 5.23. The van der Waals surface area contributed by atoms with Crippen molar-refractivity contribution in [2.24, 2.45) is 0 Å². The largest absolute Gasteiger partial charge is 0.392 e. The van der Waals surface area contributed by atoms with E-state index >= 15 is 0 Å². The molecule has 0 aliphatic carbocycles. The van der Waals surface area contributed by atoms with E-state index < -0.39 is 0 Å². The van der Waals surface area contributed by atoms with Gasteiger partial charge in [0.25, 0.3) is 0 Å².